The Morgan fingerprint density at radius 3 is 2.44 bits per heavy atom. The number of ether oxygens (including phenoxy) is 3. The molecule has 1 aromatic carbocycles. The lowest BCUT2D eigenvalue weighted by atomic mass is 10.2. The minimum absolute atomic E-state index is 0.145. The standard InChI is InChI=1S/C19H23N3O5/c1-25-14-8-5-9-15(26-2)18(14)19(24)27-12-17(23)21-16-10-11-20-22(16)13-6-3-4-7-13/h5,8-11,13H,3-4,6-7,12H2,1-2H3,(H,21,23). The van der Waals surface area contributed by atoms with Crippen molar-refractivity contribution in [3.63, 3.8) is 0 Å². The average molecular weight is 373 g/mol. The number of amides is 1. The van der Waals surface area contributed by atoms with E-state index in [0.29, 0.717) is 23.4 Å². The second-order valence-electron chi connectivity index (χ2n) is 6.26. The van der Waals surface area contributed by atoms with E-state index in [2.05, 4.69) is 10.4 Å². The Morgan fingerprint density at radius 1 is 1.15 bits per heavy atom. The number of esters is 1. The Morgan fingerprint density at radius 2 is 1.81 bits per heavy atom. The number of rotatable bonds is 7. The van der Waals surface area contributed by atoms with Crippen LogP contribution in [0.4, 0.5) is 5.82 Å². The van der Waals surface area contributed by atoms with Gasteiger partial charge >= 0.3 is 5.97 Å². The van der Waals surface area contributed by atoms with E-state index < -0.39 is 18.5 Å². The highest BCUT2D eigenvalue weighted by molar-refractivity contribution is 5.98. The molecule has 0 saturated heterocycles. The molecule has 1 fully saturated rings. The van der Waals surface area contributed by atoms with Crippen LogP contribution in [0, 0.1) is 0 Å². The summed E-state index contributed by atoms with van der Waals surface area (Å²) >= 11 is 0. The van der Waals surface area contributed by atoms with Crippen molar-refractivity contribution in [2.75, 3.05) is 26.1 Å². The summed E-state index contributed by atoms with van der Waals surface area (Å²) in [5.74, 6) is 0.122. The molecule has 1 heterocycles. The SMILES string of the molecule is COc1cccc(OC)c1C(=O)OCC(=O)Nc1ccnn1C1CCCC1. The quantitative estimate of drug-likeness (QED) is 0.751. The van der Waals surface area contributed by atoms with Gasteiger partial charge in [0.25, 0.3) is 5.91 Å². The molecular formula is C19H23N3O5. The second-order valence-corrected chi connectivity index (χ2v) is 6.26. The number of aromatic nitrogens is 2. The molecule has 0 atom stereocenters. The van der Waals surface area contributed by atoms with Crippen LogP contribution >= 0.6 is 0 Å². The molecule has 0 aliphatic heterocycles. The normalized spacial score (nSPS) is 14.0. The van der Waals surface area contributed by atoms with Crippen molar-refractivity contribution in [2.24, 2.45) is 0 Å². The summed E-state index contributed by atoms with van der Waals surface area (Å²) in [6.07, 6.45) is 6.08. The predicted molar refractivity (Wildman–Crippen MR) is 98.2 cm³/mol. The molecule has 1 saturated carbocycles. The van der Waals surface area contributed by atoms with Crippen molar-refractivity contribution in [1.29, 1.82) is 0 Å². The van der Waals surface area contributed by atoms with Crippen molar-refractivity contribution >= 4 is 17.7 Å². The van der Waals surface area contributed by atoms with Gasteiger partial charge in [0.05, 0.1) is 26.5 Å². The van der Waals surface area contributed by atoms with Crippen LogP contribution in [0.25, 0.3) is 0 Å². The molecule has 3 rings (SSSR count). The highest BCUT2D eigenvalue weighted by Crippen LogP contribution is 2.31. The number of anilines is 1. The number of nitrogens with zero attached hydrogens (tertiary/aromatic N) is 2. The first kappa shape index (κ1) is 18.8. The second kappa shape index (κ2) is 8.57. The first-order valence-electron chi connectivity index (χ1n) is 8.85. The summed E-state index contributed by atoms with van der Waals surface area (Å²) in [5.41, 5.74) is 0.145. The van der Waals surface area contributed by atoms with E-state index in [1.165, 1.54) is 14.2 Å². The van der Waals surface area contributed by atoms with Crippen LogP contribution in [0.2, 0.25) is 0 Å². The minimum Gasteiger partial charge on any atom is -0.496 e. The van der Waals surface area contributed by atoms with Gasteiger partial charge in [-0.15, -0.1) is 0 Å². The van der Waals surface area contributed by atoms with Gasteiger partial charge in [0.2, 0.25) is 0 Å². The third-order valence-corrected chi connectivity index (χ3v) is 4.57. The lowest BCUT2D eigenvalue weighted by Gasteiger charge is -2.15. The summed E-state index contributed by atoms with van der Waals surface area (Å²) in [4.78, 5) is 24.6. The molecule has 1 aliphatic carbocycles. The largest absolute Gasteiger partial charge is 0.496 e. The summed E-state index contributed by atoms with van der Waals surface area (Å²) in [6.45, 7) is -0.421. The lowest BCUT2D eigenvalue weighted by Crippen LogP contribution is -2.23. The van der Waals surface area contributed by atoms with E-state index in [0.717, 1.165) is 25.7 Å². The molecule has 0 spiro atoms. The number of methoxy groups -OCH3 is 2. The van der Waals surface area contributed by atoms with E-state index in [1.54, 1.807) is 30.5 Å². The van der Waals surface area contributed by atoms with Crippen LogP contribution < -0.4 is 14.8 Å². The van der Waals surface area contributed by atoms with Gasteiger partial charge < -0.3 is 19.5 Å². The molecule has 144 valence electrons. The first-order valence-corrected chi connectivity index (χ1v) is 8.85. The predicted octanol–water partition coefficient (Wildman–Crippen LogP) is 2.81. The molecule has 2 aromatic rings. The van der Waals surface area contributed by atoms with Crippen LogP contribution in [0.3, 0.4) is 0 Å². The minimum atomic E-state index is -0.691. The Balaban J connectivity index is 1.62. The summed E-state index contributed by atoms with van der Waals surface area (Å²) in [6, 6.07) is 6.99. The lowest BCUT2D eigenvalue weighted by molar-refractivity contribution is -0.119. The van der Waals surface area contributed by atoms with E-state index in [1.807, 2.05) is 4.68 Å². The van der Waals surface area contributed by atoms with Crippen molar-refractivity contribution in [2.45, 2.75) is 31.7 Å². The number of nitrogens with one attached hydrogen (secondary N) is 1. The van der Waals surface area contributed by atoms with E-state index in [4.69, 9.17) is 14.2 Å². The fourth-order valence-electron chi connectivity index (χ4n) is 3.29. The highest BCUT2D eigenvalue weighted by Gasteiger charge is 2.22. The van der Waals surface area contributed by atoms with Gasteiger partial charge in [0, 0.05) is 6.07 Å². The molecule has 0 unspecified atom stereocenters. The Kier molecular flexibility index (Phi) is 5.95. The summed E-state index contributed by atoms with van der Waals surface area (Å²) in [5, 5.41) is 7.05. The Labute approximate surface area is 157 Å². The summed E-state index contributed by atoms with van der Waals surface area (Å²) < 4.78 is 17.3. The molecule has 1 aromatic heterocycles. The molecular weight excluding hydrogens is 350 g/mol. The molecule has 1 aliphatic rings. The van der Waals surface area contributed by atoms with Crippen molar-refractivity contribution < 1.29 is 23.8 Å². The first-order chi connectivity index (χ1) is 13.1. The number of carbonyl (C=O) groups excluding carboxylic acids is 2. The maximum atomic E-state index is 12.4. The third kappa shape index (κ3) is 4.21. The monoisotopic (exact) mass is 373 g/mol. The van der Waals surface area contributed by atoms with E-state index >= 15 is 0 Å². The topological polar surface area (TPSA) is 91.7 Å². The average Bonchev–Trinajstić information content (AvgIpc) is 3.36. The van der Waals surface area contributed by atoms with Crippen LogP contribution in [0.1, 0.15) is 42.1 Å². The summed E-state index contributed by atoms with van der Waals surface area (Å²) in [7, 11) is 2.89. The van der Waals surface area contributed by atoms with Crippen LogP contribution in [-0.4, -0.2) is 42.5 Å². The van der Waals surface area contributed by atoms with Gasteiger partial charge in [-0.25, -0.2) is 9.48 Å². The maximum Gasteiger partial charge on any atom is 0.346 e. The molecule has 27 heavy (non-hydrogen) atoms. The van der Waals surface area contributed by atoms with Crippen molar-refractivity contribution in [1.82, 2.24) is 9.78 Å². The number of carbonyl (C=O) groups is 2. The van der Waals surface area contributed by atoms with Crippen LogP contribution in [0.5, 0.6) is 11.5 Å². The molecule has 8 heteroatoms. The van der Waals surface area contributed by atoms with Gasteiger partial charge in [-0.3, -0.25) is 4.79 Å². The molecule has 0 radical (unpaired) electrons. The van der Waals surface area contributed by atoms with Crippen LogP contribution in [0.15, 0.2) is 30.5 Å². The van der Waals surface area contributed by atoms with Gasteiger partial charge in [-0.1, -0.05) is 18.9 Å². The molecule has 8 nitrogen and oxygen atoms in total. The fourth-order valence-corrected chi connectivity index (χ4v) is 3.29. The van der Waals surface area contributed by atoms with Crippen LogP contribution in [-0.2, 0) is 9.53 Å². The molecule has 1 amide bonds. The Hall–Kier alpha value is -3.03. The number of benzene rings is 1. The van der Waals surface area contributed by atoms with Gasteiger partial charge in [0.1, 0.15) is 22.9 Å². The van der Waals surface area contributed by atoms with Crippen molar-refractivity contribution in [3.05, 3.63) is 36.0 Å². The fraction of sp³-hybridized carbons (Fsp3) is 0.421. The van der Waals surface area contributed by atoms with Gasteiger partial charge in [0.15, 0.2) is 6.61 Å². The van der Waals surface area contributed by atoms with Crippen molar-refractivity contribution in [3.8, 4) is 11.5 Å². The van der Waals surface area contributed by atoms with Gasteiger partial charge in [-0.2, -0.15) is 5.10 Å². The Bertz CT molecular complexity index is 789. The number of hydrogen-bond donors (Lipinski definition) is 1. The zero-order valence-corrected chi connectivity index (χ0v) is 15.4. The third-order valence-electron chi connectivity index (χ3n) is 4.57. The maximum absolute atomic E-state index is 12.4. The zero-order chi connectivity index (χ0) is 19.2. The van der Waals surface area contributed by atoms with E-state index in [-0.39, 0.29) is 5.56 Å². The highest BCUT2D eigenvalue weighted by atomic mass is 16.5. The smallest absolute Gasteiger partial charge is 0.346 e. The molecule has 1 N–H and O–H groups in total. The van der Waals surface area contributed by atoms with E-state index in [9.17, 15) is 9.59 Å². The van der Waals surface area contributed by atoms with Gasteiger partial charge in [-0.05, 0) is 25.0 Å². The molecule has 0 bridgehead atoms. The zero-order valence-electron chi connectivity index (χ0n) is 15.4. The number of hydrogen-bond acceptors (Lipinski definition) is 6.